The molecule has 0 bridgehead atoms. The number of carbonyl (C=O) groups excluding carboxylic acids is 2. The molecule has 0 aliphatic rings. The standard InChI is InChI=1S/C24H25N3O3/c1-18-11-12-21(16-27-18)24(29)26-14-6-13-25-23(28)20-9-5-10-22(15-20)30-17-19-7-3-2-4-8-19/h2-5,7-12,15-16H,6,13-14,17H2,1H3,(H,25,28)(H,26,29). The maximum absolute atomic E-state index is 12.4. The summed E-state index contributed by atoms with van der Waals surface area (Å²) in [7, 11) is 0. The lowest BCUT2D eigenvalue weighted by atomic mass is 10.2. The maximum atomic E-state index is 12.4. The first-order valence-corrected chi connectivity index (χ1v) is 9.87. The Morgan fingerprint density at radius 3 is 2.30 bits per heavy atom. The quantitative estimate of drug-likeness (QED) is 0.536. The van der Waals surface area contributed by atoms with Crippen LogP contribution >= 0.6 is 0 Å². The molecular weight excluding hydrogens is 378 g/mol. The monoisotopic (exact) mass is 403 g/mol. The number of nitrogens with one attached hydrogen (secondary N) is 2. The Kier molecular flexibility index (Phi) is 7.55. The van der Waals surface area contributed by atoms with E-state index >= 15 is 0 Å². The fraction of sp³-hybridized carbons (Fsp3) is 0.208. The largest absolute Gasteiger partial charge is 0.489 e. The number of hydrogen-bond donors (Lipinski definition) is 2. The van der Waals surface area contributed by atoms with Crippen LogP contribution in [0, 0.1) is 6.92 Å². The Balaban J connectivity index is 1.39. The highest BCUT2D eigenvalue weighted by Gasteiger charge is 2.08. The number of aryl methyl sites for hydroxylation is 1. The Bertz CT molecular complexity index is 973. The molecule has 6 nitrogen and oxygen atoms in total. The van der Waals surface area contributed by atoms with E-state index in [4.69, 9.17) is 4.74 Å². The normalized spacial score (nSPS) is 10.3. The van der Waals surface area contributed by atoms with Crippen LogP contribution in [0.5, 0.6) is 5.75 Å². The van der Waals surface area contributed by atoms with Gasteiger partial charge in [-0.15, -0.1) is 0 Å². The third-order valence-electron chi connectivity index (χ3n) is 4.44. The van der Waals surface area contributed by atoms with Crippen molar-refractivity contribution in [3.8, 4) is 5.75 Å². The van der Waals surface area contributed by atoms with Crippen molar-refractivity contribution in [1.29, 1.82) is 0 Å². The van der Waals surface area contributed by atoms with E-state index in [0.29, 0.717) is 43.0 Å². The summed E-state index contributed by atoms with van der Waals surface area (Å²) in [6.07, 6.45) is 2.18. The van der Waals surface area contributed by atoms with Gasteiger partial charge in [-0.2, -0.15) is 0 Å². The van der Waals surface area contributed by atoms with Crippen LogP contribution in [0.3, 0.4) is 0 Å². The molecule has 3 rings (SSSR count). The summed E-state index contributed by atoms with van der Waals surface area (Å²) in [6, 6.07) is 20.5. The van der Waals surface area contributed by atoms with Crippen molar-refractivity contribution in [2.24, 2.45) is 0 Å². The Labute approximate surface area is 176 Å². The van der Waals surface area contributed by atoms with Gasteiger partial charge in [-0.25, -0.2) is 0 Å². The number of aromatic nitrogens is 1. The van der Waals surface area contributed by atoms with Gasteiger partial charge in [0.2, 0.25) is 0 Å². The van der Waals surface area contributed by atoms with Crippen molar-refractivity contribution >= 4 is 11.8 Å². The van der Waals surface area contributed by atoms with Crippen molar-refractivity contribution in [3.63, 3.8) is 0 Å². The lowest BCUT2D eigenvalue weighted by Crippen LogP contribution is -2.30. The van der Waals surface area contributed by atoms with Gasteiger partial charge in [-0.1, -0.05) is 36.4 Å². The van der Waals surface area contributed by atoms with E-state index in [1.54, 1.807) is 36.5 Å². The Hall–Kier alpha value is -3.67. The first-order valence-electron chi connectivity index (χ1n) is 9.87. The summed E-state index contributed by atoms with van der Waals surface area (Å²) >= 11 is 0. The second-order valence-corrected chi connectivity index (χ2v) is 6.86. The maximum Gasteiger partial charge on any atom is 0.252 e. The third-order valence-corrected chi connectivity index (χ3v) is 4.44. The molecule has 1 aromatic heterocycles. The summed E-state index contributed by atoms with van der Waals surface area (Å²) < 4.78 is 5.77. The first kappa shape index (κ1) is 21.0. The second-order valence-electron chi connectivity index (χ2n) is 6.86. The van der Waals surface area contributed by atoms with Crippen LogP contribution in [0.25, 0.3) is 0 Å². The average molecular weight is 403 g/mol. The zero-order valence-corrected chi connectivity index (χ0v) is 16.9. The first-order chi connectivity index (χ1) is 14.6. The summed E-state index contributed by atoms with van der Waals surface area (Å²) in [5, 5.41) is 5.69. The molecule has 0 aliphatic heterocycles. The van der Waals surface area contributed by atoms with Crippen molar-refractivity contribution in [3.05, 3.63) is 95.3 Å². The number of amides is 2. The van der Waals surface area contributed by atoms with Crippen LogP contribution in [0.2, 0.25) is 0 Å². The molecule has 0 fully saturated rings. The van der Waals surface area contributed by atoms with Gasteiger partial charge in [-0.3, -0.25) is 14.6 Å². The summed E-state index contributed by atoms with van der Waals surface area (Å²) in [6.45, 7) is 3.24. The molecule has 0 aliphatic carbocycles. The third kappa shape index (κ3) is 6.44. The molecule has 0 unspecified atom stereocenters. The molecule has 2 aromatic carbocycles. The second kappa shape index (κ2) is 10.8. The minimum Gasteiger partial charge on any atom is -0.489 e. The topological polar surface area (TPSA) is 80.3 Å². The lowest BCUT2D eigenvalue weighted by Gasteiger charge is -2.09. The average Bonchev–Trinajstić information content (AvgIpc) is 2.78. The van der Waals surface area contributed by atoms with E-state index in [9.17, 15) is 9.59 Å². The minimum atomic E-state index is -0.172. The molecule has 2 N–H and O–H groups in total. The molecular formula is C24H25N3O3. The number of pyridine rings is 1. The molecule has 0 saturated carbocycles. The number of nitrogens with zero attached hydrogens (tertiary/aromatic N) is 1. The van der Waals surface area contributed by atoms with Gasteiger partial charge in [0.25, 0.3) is 11.8 Å². The summed E-state index contributed by atoms with van der Waals surface area (Å²) in [4.78, 5) is 28.5. The predicted octanol–water partition coefficient (Wildman–Crippen LogP) is 3.52. The van der Waals surface area contributed by atoms with Gasteiger partial charge >= 0.3 is 0 Å². The molecule has 30 heavy (non-hydrogen) atoms. The predicted molar refractivity (Wildman–Crippen MR) is 115 cm³/mol. The number of rotatable bonds is 9. The molecule has 0 atom stereocenters. The van der Waals surface area contributed by atoms with E-state index in [0.717, 1.165) is 11.3 Å². The van der Waals surface area contributed by atoms with Crippen LogP contribution in [0.1, 0.15) is 38.4 Å². The van der Waals surface area contributed by atoms with Gasteiger partial charge in [0.1, 0.15) is 12.4 Å². The lowest BCUT2D eigenvalue weighted by molar-refractivity contribution is 0.0951. The summed E-state index contributed by atoms with van der Waals surface area (Å²) in [5.74, 6) is 0.303. The summed E-state index contributed by atoms with van der Waals surface area (Å²) in [5.41, 5.74) is 2.99. The molecule has 0 spiro atoms. The van der Waals surface area contributed by atoms with E-state index in [2.05, 4.69) is 15.6 Å². The number of carbonyl (C=O) groups is 2. The van der Waals surface area contributed by atoms with E-state index in [1.165, 1.54) is 0 Å². The Morgan fingerprint density at radius 2 is 1.60 bits per heavy atom. The van der Waals surface area contributed by atoms with Crippen LogP contribution in [0.4, 0.5) is 0 Å². The van der Waals surface area contributed by atoms with E-state index in [-0.39, 0.29) is 11.8 Å². The van der Waals surface area contributed by atoms with Gasteiger partial charge in [0.05, 0.1) is 5.56 Å². The molecule has 0 saturated heterocycles. The van der Waals surface area contributed by atoms with Gasteiger partial charge in [-0.05, 0) is 49.2 Å². The van der Waals surface area contributed by atoms with Gasteiger partial charge in [0, 0.05) is 30.5 Å². The minimum absolute atomic E-state index is 0.169. The number of hydrogen-bond acceptors (Lipinski definition) is 4. The molecule has 6 heteroatoms. The number of ether oxygens (including phenoxy) is 1. The van der Waals surface area contributed by atoms with Crippen molar-refractivity contribution in [1.82, 2.24) is 15.6 Å². The smallest absolute Gasteiger partial charge is 0.252 e. The number of benzene rings is 2. The van der Waals surface area contributed by atoms with Crippen LogP contribution in [-0.4, -0.2) is 29.9 Å². The molecule has 2 amide bonds. The molecule has 154 valence electrons. The van der Waals surface area contributed by atoms with Crippen molar-refractivity contribution in [2.45, 2.75) is 20.0 Å². The SMILES string of the molecule is Cc1ccc(C(=O)NCCCNC(=O)c2cccc(OCc3ccccc3)c2)cn1. The van der Waals surface area contributed by atoms with Gasteiger partial charge < -0.3 is 15.4 Å². The zero-order chi connectivity index (χ0) is 21.2. The zero-order valence-electron chi connectivity index (χ0n) is 16.9. The van der Waals surface area contributed by atoms with Crippen LogP contribution in [0.15, 0.2) is 72.9 Å². The fourth-order valence-electron chi connectivity index (χ4n) is 2.77. The molecule has 3 aromatic rings. The van der Waals surface area contributed by atoms with Crippen LogP contribution < -0.4 is 15.4 Å². The Morgan fingerprint density at radius 1 is 0.867 bits per heavy atom. The van der Waals surface area contributed by atoms with E-state index < -0.39 is 0 Å². The fourth-order valence-corrected chi connectivity index (χ4v) is 2.77. The highest BCUT2D eigenvalue weighted by Crippen LogP contribution is 2.15. The van der Waals surface area contributed by atoms with Crippen molar-refractivity contribution in [2.75, 3.05) is 13.1 Å². The van der Waals surface area contributed by atoms with Crippen LogP contribution in [-0.2, 0) is 6.61 Å². The highest BCUT2D eigenvalue weighted by molar-refractivity contribution is 5.94. The highest BCUT2D eigenvalue weighted by atomic mass is 16.5. The molecule has 0 radical (unpaired) electrons. The van der Waals surface area contributed by atoms with Crippen molar-refractivity contribution < 1.29 is 14.3 Å². The van der Waals surface area contributed by atoms with Gasteiger partial charge in [0.15, 0.2) is 0 Å². The van der Waals surface area contributed by atoms with E-state index in [1.807, 2.05) is 43.3 Å². The molecule has 1 heterocycles.